The molecule has 1 rings (SSSR count). The Morgan fingerprint density at radius 1 is 1.14 bits per heavy atom. The molecular weight excluding hydrogens is 328 g/mol. The molecule has 0 bridgehead atoms. The Balaban J connectivity index is 2.34. The van der Waals surface area contributed by atoms with Crippen LogP contribution in [0.2, 0.25) is 0 Å². The third-order valence-corrected chi connectivity index (χ3v) is 3.51. The van der Waals surface area contributed by atoms with Gasteiger partial charge in [0.15, 0.2) is 0 Å². The molecule has 0 aliphatic rings. The molecule has 1 aromatic rings. The number of ether oxygens (including phenoxy) is 1. The van der Waals surface area contributed by atoms with Crippen LogP contribution < -0.4 is 0 Å². The normalized spacial score (nSPS) is 13.7. The van der Waals surface area contributed by atoms with Crippen molar-refractivity contribution in [3.63, 3.8) is 0 Å². The number of esters is 1. The molecule has 0 amide bonds. The summed E-state index contributed by atoms with van der Waals surface area (Å²) in [5, 5.41) is -5.01. The fraction of sp³-hybridized carbons (Fsp3) is 0.462. The summed E-state index contributed by atoms with van der Waals surface area (Å²) < 4.78 is 75.0. The highest BCUT2D eigenvalue weighted by Gasteiger charge is 2.60. The maximum Gasteiger partial charge on any atom is 0.406 e. The number of rotatable bonds is 8. The van der Waals surface area contributed by atoms with Crippen LogP contribution in [0.3, 0.4) is 0 Å². The summed E-state index contributed by atoms with van der Waals surface area (Å²) in [5.74, 6) is -5.25. The van der Waals surface area contributed by atoms with Crippen molar-refractivity contribution in [1.82, 2.24) is 0 Å². The van der Waals surface area contributed by atoms with Crippen molar-refractivity contribution in [3.8, 4) is 0 Å². The van der Waals surface area contributed by atoms with Crippen LogP contribution in [0.5, 0.6) is 0 Å². The third-order valence-electron chi connectivity index (χ3n) is 2.77. The molecule has 1 N–H and O–H groups in total. The van der Waals surface area contributed by atoms with Gasteiger partial charge in [-0.2, -0.15) is 17.6 Å². The van der Waals surface area contributed by atoms with Gasteiger partial charge in [-0.25, -0.2) is 9.00 Å². The van der Waals surface area contributed by atoms with Crippen molar-refractivity contribution in [2.45, 2.75) is 30.4 Å². The van der Waals surface area contributed by atoms with E-state index in [0.29, 0.717) is 0 Å². The van der Waals surface area contributed by atoms with Crippen molar-refractivity contribution in [3.05, 3.63) is 35.9 Å². The average molecular weight is 342 g/mol. The van der Waals surface area contributed by atoms with E-state index in [4.69, 9.17) is 9.29 Å². The van der Waals surface area contributed by atoms with E-state index in [2.05, 4.69) is 0 Å². The molecule has 4 nitrogen and oxygen atoms in total. The van der Waals surface area contributed by atoms with Gasteiger partial charge in [0.2, 0.25) is 11.1 Å². The molecule has 1 aromatic carbocycles. The van der Waals surface area contributed by atoms with Crippen molar-refractivity contribution in [2.75, 3.05) is 6.61 Å². The molecule has 0 saturated carbocycles. The molecule has 124 valence electrons. The number of carbonyl (C=O) groups is 1. The Morgan fingerprint density at radius 3 is 2.27 bits per heavy atom. The van der Waals surface area contributed by atoms with Crippen molar-refractivity contribution >= 4 is 17.0 Å². The first-order chi connectivity index (χ1) is 10.2. The average Bonchev–Trinajstić information content (AvgIpc) is 2.47. The first kappa shape index (κ1) is 18.6. The van der Waals surface area contributed by atoms with E-state index in [1.807, 2.05) is 0 Å². The van der Waals surface area contributed by atoms with Gasteiger partial charge in [-0.1, -0.05) is 18.2 Å². The van der Waals surface area contributed by atoms with E-state index in [9.17, 15) is 26.6 Å². The minimum atomic E-state index is -5.01. The second kappa shape index (κ2) is 7.68. The third kappa shape index (κ3) is 4.77. The van der Waals surface area contributed by atoms with E-state index in [0.717, 1.165) is 0 Å². The fourth-order valence-corrected chi connectivity index (χ4v) is 1.90. The molecule has 0 spiro atoms. The van der Waals surface area contributed by atoms with Gasteiger partial charge in [0, 0.05) is 6.42 Å². The molecule has 0 fully saturated rings. The zero-order valence-corrected chi connectivity index (χ0v) is 12.1. The standard InChI is InChI=1S/C13H14F4O4S/c14-12(15,13(16,17)22(19)20)8-4-5-9-21-11(18)10-6-2-1-3-7-10/h1-3,6-7H,4-5,8-9H2,(H,19,20). The largest absolute Gasteiger partial charge is 0.462 e. The molecule has 9 heteroatoms. The second-order valence-electron chi connectivity index (χ2n) is 4.43. The summed E-state index contributed by atoms with van der Waals surface area (Å²) in [4.78, 5) is 11.5. The maximum absolute atomic E-state index is 13.1. The molecule has 22 heavy (non-hydrogen) atoms. The van der Waals surface area contributed by atoms with Gasteiger partial charge >= 0.3 is 17.1 Å². The predicted octanol–water partition coefficient (Wildman–Crippen LogP) is 3.46. The summed E-state index contributed by atoms with van der Waals surface area (Å²) in [6, 6.07) is 7.95. The topological polar surface area (TPSA) is 63.6 Å². The SMILES string of the molecule is O=C(OCCCCC(F)(F)C(F)(F)S(=O)O)c1ccccc1. The molecule has 0 radical (unpaired) electrons. The number of alkyl halides is 4. The minimum Gasteiger partial charge on any atom is -0.462 e. The van der Waals surface area contributed by atoms with E-state index < -0.39 is 34.6 Å². The summed E-state index contributed by atoms with van der Waals surface area (Å²) >= 11 is -3.95. The number of benzene rings is 1. The van der Waals surface area contributed by atoms with Crippen LogP contribution >= 0.6 is 0 Å². The van der Waals surface area contributed by atoms with Crippen molar-refractivity contribution in [1.29, 1.82) is 0 Å². The predicted molar refractivity (Wildman–Crippen MR) is 71.2 cm³/mol. The number of hydrogen-bond donors (Lipinski definition) is 1. The number of unbranched alkanes of at least 4 members (excludes halogenated alkanes) is 1. The van der Waals surface area contributed by atoms with Gasteiger partial charge in [-0.15, -0.1) is 0 Å². The van der Waals surface area contributed by atoms with Crippen LogP contribution in [0, 0.1) is 0 Å². The van der Waals surface area contributed by atoms with Crippen LogP contribution in [-0.2, 0) is 15.8 Å². The van der Waals surface area contributed by atoms with Crippen LogP contribution in [-0.4, -0.2) is 32.5 Å². The molecule has 1 unspecified atom stereocenters. The van der Waals surface area contributed by atoms with Gasteiger partial charge in [0.05, 0.1) is 12.2 Å². The zero-order chi connectivity index (χ0) is 16.8. The van der Waals surface area contributed by atoms with E-state index in [1.165, 1.54) is 12.1 Å². The lowest BCUT2D eigenvalue weighted by Crippen LogP contribution is -2.43. The first-order valence-corrected chi connectivity index (χ1v) is 7.38. The summed E-state index contributed by atoms with van der Waals surface area (Å²) in [6.07, 6.45) is -1.74. The van der Waals surface area contributed by atoms with Crippen LogP contribution in [0.15, 0.2) is 30.3 Å². The van der Waals surface area contributed by atoms with Gasteiger partial charge < -0.3 is 9.29 Å². The van der Waals surface area contributed by atoms with E-state index in [-0.39, 0.29) is 25.0 Å². The lowest BCUT2D eigenvalue weighted by Gasteiger charge is -2.23. The lowest BCUT2D eigenvalue weighted by molar-refractivity contribution is -0.162. The highest BCUT2D eigenvalue weighted by Crippen LogP contribution is 2.40. The van der Waals surface area contributed by atoms with Gasteiger partial charge in [0.25, 0.3) is 0 Å². The van der Waals surface area contributed by atoms with E-state index >= 15 is 0 Å². The van der Waals surface area contributed by atoms with Crippen molar-refractivity contribution < 1.29 is 35.9 Å². The Labute approximate surface area is 126 Å². The Kier molecular flexibility index (Phi) is 6.48. The summed E-state index contributed by atoms with van der Waals surface area (Å²) in [5.41, 5.74) is 0.287. The molecule has 1 atom stereocenters. The highest BCUT2D eigenvalue weighted by atomic mass is 32.2. The van der Waals surface area contributed by atoms with E-state index in [1.54, 1.807) is 18.2 Å². The monoisotopic (exact) mass is 342 g/mol. The Bertz CT molecular complexity index is 522. The number of carbonyl (C=O) groups excluding carboxylic acids is 1. The van der Waals surface area contributed by atoms with Gasteiger partial charge in [-0.3, -0.25) is 0 Å². The fourth-order valence-electron chi connectivity index (χ4n) is 1.54. The maximum atomic E-state index is 13.1. The van der Waals surface area contributed by atoms with Crippen molar-refractivity contribution in [2.24, 2.45) is 0 Å². The van der Waals surface area contributed by atoms with Gasteiger partial charge in [-0.05, 0) is 25.0 Å². The Hall–Kier alpha value is -1.48. The quantitative estimate of drug-likeness (QED) is 0.340. The molecule has 0 aliphatic heterocycles. The molecular formula is C13H14F4O4S. The lowest BCUT2D eigenvalue weighted by atomic mass is 10.1. The molecule has 0 aromatic heterocycles. The summed E-state index contributed by atoms with van der Waals surface area (Å²) in [7, 11) is 0. The smallest absolute Gasteiger partial charge is 0.406 e. The zero-order valence-electron chi connectivity index (χ0n) is 11.3. The van der Waals surface area contributed by atoms with Crippen LogP contribution in [0.1, 0.15) is 29.6 Å². The highest BCUT2D eigenvalue weighted by molar-refractivity contribution is 7.80. The first-order valence-electron chi connectivity index (χ1n) is 6.27. The van der Waals surface area contributed by atoms with Gasteiger partial charge in [0.1, 0.15) is 0 Å². The summed E-state index contributed by atoms with van der Waals surface area (Å²) in [6.45, 7) is -0.211. The molecule has 0 saturated heterocycles. The minimum absolute atomic E-state index is 0.0672. The Morgan fingerprint density at radius 2 is 1.73 bits per heavy atom. The van der Waals surface area contributed by atoms with Crippen LogP contribution in [0.25, 0.3) is 0 Å². The number of halogens is 4. The second-order valence-corrected chi connectivity index (χ2v) is 5.44. The number of hydrogen-bond acceptors (Lipinski definition) is 3. The van der Waals surface area contributed by atoms with Crippen LogP contribution in [0.4, 0.5) is 17.6 Å². The molecule has 0 heterocycles. The molecule has 0 aliphatic carbocycles.